The van der Waals surface area contributed by atoms with Crippen LogP contribution in [0.5, 0.6) is 0 Å². The van der Waals surface area contributed by atoms with Crippen LogP contribution in [0.15, 0.2) is 42.5 Å². The van der Waals surface area contributed by atoms with Crippen LogP contribution in [-0.2, 0) is 4.74 Å². The Bertz CT molecular complexity index is 919. The molecule has 1 heterocycles. The Morgan fingerprint density at radius 1 is 1.19 bits per heavy atom. The first-order valence-electron chi connectivity index (χ1n) is 8.35. The summed E-state index contributed by atoms with van der Waals surface area (Å²) in [5.41, 5.74) is 3.59. The van der Waals surface area contributed by atoms with E-state index in [1.54, 1.807) is 12.1 Å². The number of aromatic nitrogens is 4. The Labute approximate surface area is 151 Å². The zero-order chi connectivity index (χ0) is 18.7. The van der Waals surface area contributed by atoms with E-state index in [4.69, 9.17) is 4.74 Å². The Kier molecular flexibility index (Phi) is 5.09. The molecule has 0 radical (unpaired) electrons. The topological polar surface area (TPSA) is 90.1 Å². The van der Waals surface area contributed by atoms with E-state index < -0.39 is 5.97 Å². The molecule has 26 heavy (non-hydrogen) atoms. The Morgan fingerprint density at radius 3 is 2.58 bits per heavy atom. The minimum atomic E-state index is -1.01. The SMILES string of the molecule is CCOC(C)c1nnnn1-c1cc(C(=O)O)cc(-c2ccc(C)cc2)c1. The van der Waals surface area contributed by atoms with Crippen molar-refractivity contribution in [1.82, 2.24) is 20.2 Å². The third-order valence-electron chi connectivity index (χ3n) is 4.07. The zero-order valence-corrected chi connectivity index (χ0v) is 14.9. The molecule has 7 heteroatoms. The maximum absolute atomic E-state index is 11.6. The standard InChI is InChI=1S/C19H20N4O3/c1-4-26-13(3)18-20-21-22-23(18)17-10-15(9-16(11-17)19(24)25)14-7-5-12(2)6-8-14/h5-11,13H,4H2,1-3H3,(H,24,25). The normalized spacial score (nSPS) is 12.1. The monoisotopic (exact) mass is 352 g/mol. The maximum atomic E-state index is 11.6. The van der Waals surface area contributed by atoms with Gasteiger partial charge in [0, 0.05) is 6.61 Å². The van der Waals surface area contributed by atoms with Crippen molar-refractivity contribution < 1.29 is 14.6 Å². The quantitative estimate of drug-likeness (QED) is 0.731. The van der Waals surface area contributed by atoms with Gasteiger partial charge in [-0.3, -0.25) is 0 Å². The number of ether oxygens (including phenoxy) is 1. The van der Waals surface area contributed by atoms with E-state index >= 15 is 0 Å². The van der Waals surface area contributed by atoms with Crippen LogP contribution in [0, 0.1) is 6.92 Å². The van der Waals surface area contributed by atoms with Crippen molar-refractivity contribution in [2.24, 2.45) is 0 Å². The molecule has 134 valence electrons. The van der Waals surface area contributed by atoms with Gasteiger partial charge in [-0.05, 0) is 60.5 Å². The second-order valence-electron chi connectivity index (χ2n) is 5.99. The first-order chi connectivity index (χ1) is 12.5. The second kappa shape index (κ2) is 7.45. The number of carboxylic acids is 1. The third kappa shape index (κ3) is 3.62. The van der Waals surface area contributed by atoms with Crippen molar-refractivity contribution in [2.75, 3.05) is 6.61 Å². The highest BCUT2D eigenvalue weighted by atomic mass is 16.5. The Hall–Kier alpha value is -3.06. The molecule has 0 saturated carbocycles. The first-order valence-corrected chi connectivity index (χ1v) is 8.35. The van der Waals surface area contributed by atoms with E-state index in [0.29, 0.717) is 18.1 Å². The fraction of sp³-hybridized carbons (Fsp3) is 0.263. The number of rotatable bonds is 6. The van der Waals surface area contributed by atoms with Crippen molar-refractivity contribution in [3.63, 3.8) is 0 Å². The van der Waals surface area contributed by atoms with E-state index in [-0.39, 0.29) is 11.7 Å². The summed E-state index contributed by atoms with van der Waals surface area (Å²) in [5, 5.41) is 21.3. The van der Waals surface area contributed by atoms with Crippen molar-refractivity contribution in [3.05, 3.63) is 59.4 Å². The van der Waals surface area contributed by atoms with Crippen LogP contribution in [-0.4, -0.2) is 37.9 Å². The molecule has 3 rings (SSSR count). The van der Waals surface area contributed by atoms with Crippen molar-refractivity contribution in [1.29, 1.82) is 0 Å². The molecule has 1 N–H and O–H groups in total. The molecule has 3 aromatic rings. The summed E-state index contributed by atoms with van der Waals surface area (Å²) in [6.45, 7) is 6.28. The summed E-state index contributed by atoms with van der Waals surface area (Å²) >= 11 is 0. The van der Waals surface area contributed by atoms with Crippen LogP contribution < -0.4 is 0 Å². The van der Waals surface area contributed by atoms with Gasteiger partial charge in [-0.1, -0.05) is 29.8 Å². The summed E-state index contributed by atoms with van der Waals surface area (Å²) in [6.07, 6.45) is -0.314. The molecular formula is C19H20N4O3. The molecular weight excluding hydrogens is 332 g/mol. The highest BCUT2D eigenvalue weighted by Gasteiger charge is 2.18. The van der Waals surface area contributed by atoms with Crippen LogP contribution in [0.1, 0.15) is 41.7 Å². The van der Waals surface area contributed by atoms with Gasteiger partial charge < -0.3 is 9.84 Å². The molecule has 2 aromatic carbocycles. The fourth-order valence-corrected chi connectivity index (χ4v) is 2.73. The van der Waals surface area contributed by atoms with E-state index in [9.17, 15) is 9.90 Å². The van der Waals surface area contributed by atoms with Crippen LogP contribution in [0.2, 0.25) is 0 Å². The molecule has 0 fully saturated rings. The zero-order valence-electron chi connectivity index (χ0n) is 14.9. The summed E-state index contributed by atoms with van der Waals surface area (Å²) in [7, 11) is 0. The van der Waals surface area contributed by atoms with E-state index in [0.717, 1.165) is 16.7 Å². The van der Waals surface area contributed by atoms with Crippen LogP contribution in [0.25, 0.3) is 16.8 Å². The number of carboxylic acid groups (broad SMARTS) is 1. The number of nitrogens with zero attached hydrogens (tertiary/aromatic N) is 4. The minimum absolute atomic E-state index is 0.170. The lowest BCUT2D eigenvalue weighted by Gasteiger charge is -2.13. The molecule has 0 spiro atoms. The largest absolute Gasteiger partial charge is 0.478 e. The molecule has 0 bridgehead atoms. The van der Waals surface area contributed by atoms with Gasteiger partial charge in [-0.15, -0.1) is 5.10 Å². The van der Waals surface area contributed by atoms with Crippen molar-refractivity contribution in [3.8, 4) is 16.8 Å². The molecule has 1 atom stereocenters. The van der Waals surface area contributed by atoms with Crippen molar-refractivity contribution in [2.45, 2.75) is 26.9 Å². The summed E-state index contributed by atoms with van der Waals surface area (Å²) in [5.74, 6) is -0.489. The van der Waals surface area contributed by atoms with Gasteiger partial charge in [0.05, 0.1) is 11.3 Å². The highest BCUT2D eigenvalue weighted by Crippen LogP contribution is 2.26. The predicted molar refractivity (Wildman–Crippen MR) is 96.3 cm³/mol. The smallest absolute Gasteiger partial charge is 0.335 e. The molecule has 1 unspecified atom stereocenters. The third-order valence-corrected chi connectivity index (χ3v) is 4.07. The predicted octanol–water partition coefficient (Wildman–Crippen LogP) is 3.43. The minimum Gasteiger partial charge on any atom is -0.478 e. The molecule has 0 aliphatic heterocycles. The lowest BCUT2D eigenvalue weighted by atomic mass is 10.0. The number of tetrazole rings is 1. The summed E-state index contributed by atoms with van der Waals surface area (Å²) in [4.78, 5) is 11.6. The van der Waals surface area contributed by atoms with Gasteiger partial charge in [0.2, 0.25) is 0 Å². The van der Waals surface area contributed by atoms with E-state index in [1.807, 2.05) is 51.1 Å². The van der Waals surface area contributed by atoms with Gasteiger partial charge in [-0.25, -0.2) is 4.79 Å². The second-order valence-corrected chi connectivity index (χ2v) is 5.99. The molecule has 7 nitrogen and oxygen atoms in total. The number of carbonyl (C=O) groups is 1. The fourth-order valence-electron chi connectivity index (χ4n) is 2.73. The lowest BCUT2D eigenvalue weighted by molar-refractivity contribution is 0.0684. The molecule has 0 saturated heterocycles. The molecule has 1 aromatic heterocycles. The van der Waals surface area contributed by atoms with Gasteiger partial charge >= 0.3 is 5.97 Å². The number of aryl methyl sites for hydroxylation is 1. The highest BCUT2D eigenvalue weighted by molar-refractivity contribution is 5.90. The van der Waals surface area contributed by atoms with Crippen LogP contribution in [0.3, 0.4) is 0 Å². The lowest BCUT2D eigenvalue weighted by Crippen LogP contribution is -2.10. The van der Waals surface area contributed by atoms with E-state index in [1.165, 1.54) is 4.68 Å². The molecule has 0 aliphatic rings. The summed E-state index contributed by atoms with van der Waals surface area (Å²) < 4.78 is 7.09. The Morgan fingerprint density at radius 2 is 1.92 bits per heavy atom. The average molecular weight is 352 g/mol. The van der Waals surface area contributed by atoms with Crippen LogP contribution >= 0.6 is 0 Å². The number of benzene rings is 2. The molecule has 0 aliphatic carbocycles. The van der Waals surface area contributed by atoms with Crippen molar-refractivity contribution >= 4 is 5.97 Å². The number of hydrogen-bond donors (Lipinski definition) is 1. The van der Waals surface area contributed by atoms with Gasteiger partial charge in [0.15, 0.2) is 5.82 Å². The Balaban J connectivity index is 2.12. The van der Waals surface area contributed by atoms with Crippen LogP contribution in [0.4, 0.5) is 0 Å². The van der Waals surface area contributed by atoms with Gasteiger partial charge in [0.25, 0.3) is 0 Å². The first kappa shape index (κ1) is 17.8. The average Bonchev–Trinajstić information content (AvgIpc) is 3.12. The van der Waals surface area contributed by atoms with Gasteiger partial charge in [0.1, 0.15) is 6.10 Å². The number of hydrogen-bond acceptors (Lipinski definition) is 5. The van der Waals surface area contributed by atoms with E-state index in [2.05, 4.69) is 15.5 Å². The summed E-state index contributed by atoms with van der Waals surface area (Å²) in [6, 6.07) is 13.0. The van der Waals surface area contributed by atoms with Gasteiger partial charge in [-0.2, -0.15) is 4.68 Å². The molecule has 0 amide bonds. The maximum Gasteiger partial charge on any atom is 0.335 e. The number of aromatic carboxylic acids is 1.